The van der Waals surface area contributed by atoms with Crippen molar-refractivity contribution in [2.45, 2.75) is 42.0 Å². The number of aromatic nitrogens is 1. The van der Waals surface area contributed by atoms with Gasteiger partial charge in [-0.15, -0.1) is 0 Å². The van der Waals surface area contributed by atoms with Crippen LogP contribution in [0.25, 0.3) is 10.9 Å². The molecule has 7 nitrogen and oxygen atoms in total. The number of ether oxygens (including phenoxy) is 1. The van der Waals surface area contributed by atoms with Gasteiger partial charge < -0.3 is 10.1 Å². The number of anilines is 1. The number of halogens is 2. The lowest BCUT2D eigenvalue weighted by Gasteiger charge is -2.32. The van der Waals surface area contributed by atoms with E-state index in [-0.39, 0.29) is 34.4 Å². The van der Waals surface area contributed by atoms with Crippen molar-refractivity contribution in [1.82, 2.24) is 9.88 Å². The maximum absolute atomic E-state index is 13.8. The van der Waals surface area contributed by atoms with Crippen LogP contribution >= 0.6 is 0 Å². The molecule has 1 fully saturated rings. The summed E-state index contributed by atoms with van der Waals surface area (Å²) < 4.78 is 59.4. The Balaban J connectivity index is 1.67. The second kappa shape index (κ2) is 9.27. The van der Waals surface area contributed by atoms with Crippen molar-refractivity contribution >= 4 is 32.3 Å². The third kappa shape index (κ3) is 5.02. The molecule has 0 aliphatic carbocycles. The molecule has 2 aromatic carbocycles. The molecule has 180 valence electrons. The second-order valence-electron chi connectivity index (χ2n) is 8.38. The van der Waals surface area contributed by atoms with Gasteiger partial charge in [-0.2, -0.15) is 0 Å². The first-order chi connectivity index (χ1) is 16.1. The Hall–Kier alpha value is -3.11. The summed E-state index contributed by atoms with van der Waals surface area (Å²) in [5, 5.41) is 3.16. The number of rotatable bonds is 6. The van der Waals surface area contributed by atoms with Gasteiger partial charge in [0.2, 0.25) is 15.7 Å². The number of benzene rings is 2. The van der Waals surface area contributed by atoms with Crippen LogP contribution in [0.3, 0.4) is 0 Å². The molecule has 1 N–H and O–H groups in total. The van der Waals surface area contributed by atoms with Crippen LogP contribution in [-0.2, 0) is 21.2 Å². The highest BCUT2D eigenvalue weighted by Crippen LogP contribution is 2.32. The number of methoxy groups -OCH3 is 1. The molecule has 4 rings (SSSR count). The summed E-state index contributed by atoms with van der Waals surface area (Å²) in [5.41, 5.74) is 1.57. The normalized spacial score (nSPS) is 16.4. The van der Waals surface area contributed by atoms with Crippen LogP contribution in [-0.4, -0.2) is 50.3 Å². The SMILES string of the molecule is COc1ccc(S(=O)(=O)c2cnc3c(CN4CCCC(F)(F)C4)cccc3c2)cc1NC(C)=O. The Morgan fingerprint density at radius 2 is 2.00 bits per heavy atom. The van der Waals surface area contributed by atoms with Gasteiger partial charge in [-0.25, -0.2) is 17.2 Å². The number of sulfone groups is 1. The summed E-state index contributed by atoms with van der Waals surface area (Å²) in [5.74, 6) is -2.73. The smallest absolute Gasteiger partial charge is 0.260 e. The lowest BCUT2D eigenvalue weighted by molar-refractivity contribution is -0.114. The molecule has 1 aliphatic rings. The maximum Gasteiger partial charge on any atom is 0.260 e. The van der Waals surface area contributed by atoms with E-state index >= 15 is 0 Å². The zero-order valence-electron chi connectivity index (χ0n) is 18.8. The first kappa shape index (κ1) is 24.0. The number of hydrogen-bond acceptors (Lipinski definition) is 6. The number of nitrogens with one attached hydrogen (secondary N) is 1. The number of pyridine rings is 1. The van der Waals surface area contributed by atoms with Crippen molar-refractivity contribution < 1.29 is 26.7 Å². The number of carbonyl (C=O) groups excluding carboxylic acids is 1. The largest absolute Gasteiger partial charge is 0.495 e. The van der Waals surface area contributed by atoms with Crippen molar-refractivity contribution in [3.05, 3.63) is 54.2 Å². The zero-order chi connectivity index (χ0) is 24.5. The Labute approximate surface area is 196 Å². The van der Waals surface area contributed by atoms with E-state index in [4.69, 9.17) is 4.74 Å². The van der Waals surface area contributed by atoms with Crippen molar-refractivity contribution in [2.24, 2.45) is 0 Å². The molecule has 10 heteroatoms. The molecule has 1 amide bonds. The van der Waals surface area contributed by atoms with E-state index in [1.54, 1.807) is 17.0 Å². The van der Waals surface area contributed by atoms with Crippen LogP contribution in [0.1, 0.15) is 25.3 Å². The van der Waals surface area contributed by atoms with Crippen LogP contribution in [0.2, 0.25) is 0 Å². The lowest BCUT2D eigenvalue weighted by atomic mass is 10.0. The Morgan fingerprint density at radius 1 is 1.21 bits per heavy atom. The van der Waals surface area contributed by atoms with Gasteiger partial charge in [0, 0.05) is 31.5 Å². The number of para-hydroxylation sites is 1. The predicted octanol–water partition coefficient (Wildman–Crippen LogP) is 4.27. The Bertz CT molecular complexity index is 1350. The molecule has 2 heterocycles. The number of fused-ring (bicyclic) bond motifs is 1. The quantitative estimate of drug-likeness (QED) is 0.557. The van der Waals surface area contributed by atoms with Gasteiger partial charge >= 0.3 is 0 Å². The highest BCUT2D eigenvalue weighted by Gasteiger charge is 2.35. The van der Waals surface area contributed by atoms with Crippen LogP contribution in [0.15, 0.2) is 58.5 Å². The van der Waals surface area contributed by atoms with E-state index in [0.717, 1.165) is 5.56 Å². The van der Waals surface area contributed by atoms with E-state index < -0.39 is 15.8 Å². The zero-order valence-corrected chi connectivity index (χ0v) is 19.7. The molecule has 1 aliphatic heterocycles. The highest BCUT2D eigenvalue weighted by atomic mass is 32.2. The molecule has 0 unspecified atom stereocenters. The van der Waals surface area contributed by atoms with Gasteiger partial charge in [0.15, 0.2) is 0 Å². The summed E-state index contributed by atoms with van der Waals surface area (Å²) >= 11 is 0. The predicted molar refractivity (Wildman–Crippen MR) is 124 cm³/mol. The maximum atomic E-state index is 13.8. The van der Waals surface area contributed by atoms with Gasteiger partial charge in [0.25, 0.3) is 5.92 Å². The summed E-state index contributed by atoms with van der Waals surface area (Å²) in [7, 11) is -2.53. The molecule has 0 bridgehead atoms. The lowest BCUT2D eigenvalue weighted by Crippen LogP contribution is -2.42. The Morgan fingerprint density at radius 3 is 2.71 bits per heavy atom. The third-order valence-corrected chi connectivity index (χ3v) is 7.46. The summed E-state index contributed by atoms with van der Waals surface area (Å²) in [6.07, 6.45) is 1.59. The average Bonchev–Trinajstić information content (AvgIpc) is 2.78. The van der Waals surface area contributed by atoms with E-state index in [9.17, 15) is 22.0 Å². The van der Waals surface area contributed by atoms with Crippen molar-refractivity contribution in [2.75, 3.05) is 25.5 Å². The molecule has 3 aromatic rings. The van der Waals surface area contributed by atoms with E-state index in [2.05, 4.69) is 10.3 Å². The third-order valence-electron chi connectivity index (χ3n) is 5.74. The molecule has 1 saturated heterocycles. The van der Waals surface area contributed by atoms with Crippen LogP contribution in [0.5, 0.6) is 5.75 Å². The minimum absolute atomic E-state index is 0.0133. The summed E-state index contributed by atoms with van der Waals surface area (Å²) in [6, 6.07) is 11.1. The topological polar surface area (TPSA) is 88.6 Å². The van der Waals surface area contributed by atoms with Gasteiger partial charge in [0.1, 0.15) is 5.75 Å². The first-order valence-electron chi connectivity index (χ1n) is 10.8. The van der Waals surface area contributed by atoms with Crippen molar-refractivity contribution in [3.63, 3.8) is 0 Å². The fraction of sp³-hybridized carbons (Fsp3) is 0.333. The number of alkyl halides is 2. The number of carbonyl (C=O) groups is 1. The standard InChI is InChI=1S/C24H25F2N3O4S/c1-16(30)28-21-12-19(7-8-22(21)33-2)34(31,32)20-11-17-5-3-6-18(23(17)27-13-20)14-29-10-4-9-24(25,26)15-29/h3,5-8,11-13H,4,9-10,14-15H2,1-2H3,(H,28,30). The Kier molecular flexibility index (Phi) is 6.55. The first-order valence-corrected chi connectivity index (χ1v) is 12.3. The van der Waals surface area contributed by atoms with Gasteiger partial charge in [-0.1, -0.05) is 18.2 Å². The van der Waals surface area contributed by atoms with Crippen LogP contribution < -0.4 is 10.1 Å². The minimum Gasteiger partial charge on any atom is -0.495 e. The van der Waals surface area contributed by atoms with Gasteiger partial charge in [0.05, 0.1) is 34.6 Å². The highest BCUT2D eigenvalue weighted by molar-refractivity contribution is 7.91. The van der Waals surface area contributed by atoms with Crippen molar-refractivity contribution in [1.29, 1.82) is 0 Å². The van der Waals surface area contributed by atoms with Gasteiger partial charge in [-0.05, 0) is 42.8 Å². The fourth-order valence-electron chi connectivity index (χ4n) is 4.18. The number of nitrogens with zero attached hydrogens (tertiary/aromatic N) is 2. The number of likely N-dealkylation sites (tertiary alicyclic amines) is 1. The van der Waals surface area contributed by atoms with E-state index in [1.165, 1.54) is 44.5 Å². The second-order valence-corrected chi connectivity index (χ2v) is 10.3. The molecule has 1 aromatic heterocycles. The van der Waals surface area contributed by atoms with Crippen LogP contribution in [0, 0.1) is 0 Å². The minimum atomic E-state index is -3.95. The number of hydrogen-bond donors (Lipinski definition) is 1. The number of piperidine rings is 1. The monoisotopic (exact) mass is 489 g/mol. The number of amides is 1. The molecule has 34 heavy (non-hydrogen) atoms. The summed E-state index contributed by atoms with van der Waals surface area (Å²) in [4.78, 5) is 17.6. The molecule has 0 radical (unpaired) electrons. The average molecular weight is 490 g/mol. The summed E-state index contributed by atoms with van der Waals surface area (Å²) in [6.45, 7) is 1.90. The molecular weight excluding hydrogens is 464 g/mol. The van der Waals surface area contributed by atoms with E-state index in [1.807, 2.05) is 6.07 Å². The van der Waals surface area contributed by atoms with Crippen LogP contribution in [0.4, 0.5) is 14.5 Å². The fourth-order valence-corrected chi connectivity index (χ4v) is 5.44. The molecule has 0 spiro atoms. The van der Waals surface area contributed by atoms with E-state index in [0.29, 0.717) is 36.2 Å². The van der Waals surface area contributed by atoms with Crippen molar-refractivity contribution in [3.8, 4) is 5.75 Å². The molecular formula is C24H25F2N3O4S. The van der Waals surface area contributed by atoms with Gasteiger partial charge in [-0.3, -0.25) is 14.7 Å². The molecule has 0 atom stereocenters. The molecule has 0 saturated carbocycles.